The van der Waals surface area contributed by atoms with E-state index in [1.807, 2.05) is 6.92 Å². The van der Waals surface area contributed by atoms with Crippen LogP contribution in [-0.4, -0.2) is 0 Å². The fraction of sp³-hybridized carbons (Fsp3) is 0.143. The molecule has 0 N–H and O–H groups in total. The standard InChI is InChI=1S/C7H5F2S.Li/c1-5-2-3-7(10-5)6(9)4-8;/h2-3H,1H3;/q-1;+1. The van der Waals surface area contributed by atoms with Crippen molar-refractivity contribution in [2.75, 3.05) is 0 Å². The van der Waals surface area contributed by atoms with E-state index in [0.717, 1.165) is 11.2 Å². The molecule has 0 radical (unpaired) electrons. The number of halogens is 2. The Morgan fingerprint density at radius 2 is 2.18 bits per heavy atom. The number of hydrogen-bond donors (Lipinski definition) is 0. The Hall–Kier alpha value is -0.103. The molecule has 54 valence electrons. The molecule has 0 saturated carbocycles. The Morgan fingerprint density at radius 1 is 1.55 bits per heavy atom. The van der Waals surface area contributed by atoms with Crippen molar-refractivity contribution in [1.82, 2.24) is 0 Å². The van der Waals surface area contributed by atoms with Crippen molar-refractivity contribution in [2.24, 2.45) is 0 Å². The average Bonchev–Trinajstić information content (AvgIpc) is 2.34. The summed E-state index contributed by atoms with van der Waals surface area (Å²) in [5.41, 5.74) is 0. The van der Waals surface area contributed by atoms with E-state index < -0.39 is 5.83 Å². The molecule has 0 aliphatic carbocycles. The molecule has 0 aliphatic rings. The third kappa shape index (κ3) is 2.78. The average molecular weight is 166 g/mol. The van der Waals surface area contributed by atoms with Crippen molar-refractivity contribution < 1.29 is 27.6 Å². The van der Waals surface area contributed by atoms with Crippen molar-refractivity contribution in [2.45, 2.75) is 6.92 Å². The van der Waals surface area contributed by atoms with Crippen molar-refractivity contribution in [3.63, 3.8) is 0 Å². The van der Waals surface area contributed by atoms with Gasteiger partial charge in [-0.15, -0.1) is 6.07 Å². The number of aryl methyl sites for hydroxylation is 1. The molecule has 0 aliphatic heterocycles. The van der Waals surface area contributed by atoms with Crippen LogP contribution in [0.25, 0.3) is 5.83 Å². The second kappa shape index (κ2) is 4.71. The van der Waals surface area contributed by atoms with Crippen LogP contribution in [0.4, 0.5) is 8.78 Å². The SMILES string of the molecule is Cc1ccc(C(F)=[C-]F)s1.[Li+]. The normalized spacial score (nSPS) is 11.0. The van der Waals surface area contributed by atoms with Gasteiger partial charge < -0.3 is 4.39 Å². The minimum absolute atomic E-state index is 0. The van der Waals surface area contributed by atoms with E-state index in [9.17, 15) is 8.78 Å². The minimum atomic E-state index is -0.918. The van der Waals surface area contributed by atoms with Crippen LogP contribution in [-0.2, 0) is 0 Å². The largest absolute Gasteiger partial charge is 1.00 e. The second-order valence-corrected chi connectivity index (χ2v) is 3.11. The molecule has 0 fully saturated rings. The molecule has 0 aromatic carbocycles. The summed E-state index contributed by atoms with van der Waals surface area (Å²) in [7, 11) is 0. The summed E-state index contributed by atoms with van der Waals surface area (Å²) in [6.07, 6.45) is 0.955. The monoisotopic (exact) mass is 166 g/mol. The number of rotatable bonds is 1. The molecule has 0 spiro atoms. The molecule has 0 atom stereocenters. The van der Waals surface area contributed by atoms with Crippen LogP contribution in [0.5, 0.6) is 0 Å². The molecule has 11 heavy (non-hydrogen) atoms. The zero-order chi connectivity index (χ0) is 7.56. The van der Waals surface area contributed by atoms with Crippen molar-refractivity contribution in [3.8, 4) is 0 Å². The van der Waals surface area contributed by atoms with Gasteiger partial charge in [0.1, 0.15) is 0 Å². The topological polar surface area (TPSA) is 0 Å². The van der Waals surface area contributed by atoms with Crippen LogP contribution >= 0.6 is 11.3 Å². The van der Waals surface area contributed by atoms with Crippen LogP contribution in [0.3, 0.4) is 0 Å². The maximum Gasteiger partial charge on any atom is 1.00 e. The van der Waals surface area contributed by atoms with Gasteiger partial charge in [0.2, 0.25) is 0 Å². The first-order valence-electron chi connectivity index (χ1n) is 2.70. The van der Waals surface area contributed by atoms with Gasteiger partial charge in [-0.1, -0.05) is 10.9 Å². The van der Waals surface area contributed by atoms with Gasteiger partial charge in [0.15, 0.2) is 0 Å². The fourth-order valence-corrected chi connectivity index (χ4v) is 1.35. The van der Waals surface area contributed by atoms with Crippen LogP contribution in [0.1, 0.15) is 9.75 Å². The van der Waals surface area contributed by atoms with E-state index in [-0.39, 0.29) is 18.9 Å². The molecule has 0 unspecified atom stereocenters. The summed E-state index contributed by atoms with van der Waals surface area (Å²) in [4.78, 5) is 1.25. The summed E-state index contributed by atoms with van der Waals surface area (Å²) in [5.74, 6) is -0.918. The summed E-state index contributed by atoms with van der Waals surface area (Å²) < 4.78 is 23.7. The van der Waals surface area contributed by atoms with Crippen LogP contribution in [0.2, 0.25) is 0 Å². The van der Waals surface area contributed by atoms with E-state index in [2.05, 4.69) is 0 Å². The first-order valence-corrected chi connectivity index (χ1v) is 3.51. The second-order valence-electron chi connectivity index (χ2n) is 1.82. The van der Waals surface area contributed by atoms with Gasteiger partial charge in [0, 0.05) is 0 Å². The molecular formula is C7H5F2LiS. The van der Waals surface area contributed by atoms with Crippen molar-refractivity contribution >= 4 is 17.2 Å². The van der Waals surface area contributed by atoms with Crippen LogP contribution in [0.15, 0.2) is 12.1 Å². The predicted octanol–water partition coefficient (Wildman–Crippen LogP) is 0.101. The van der Waals surface area contributed by atoms with Gasteiger partial charge in [-0.2, -0.15) is 0 Å². The fourth-order valence-electron chi connectivity index (χ4n) is 0.599. The van der Waals surface area contributed by atoms with Gasteiger partial charge in [0.05, 0.1) is 0 Å². The smallest absolute Gasteiger partial charge is 0.335 e. The van der Waals surface area contributed by atoms with Gasteiger partial charge >= 0.3 is 18.9 Å². The molecule has 0 nitrogen and oxygen atoms in total. The Balaban J connectivity index is 0.000001000. The van der Waals surface area contributed by atoms with E-state index in [0.29, 0.717) is 4.88 Å². The third-order valence-electron chi connectivity index (χ3n) is 1.04. The first kappa shape index (κ1) is 10.9. The summed E-state index contributed by atoms with van der Waals surface area (Å²) in [6, 6.07) is 3.26. The molecule has 1 rings (SSSR count). The van der Waals surface area contributed by atoms with E-state index >= 15 is 0 Å². The molecule has 1 aromatic rings. The zero-order valence-corrected chi connectivity index (χ0v) is 7.14. The summed E-state index contributed by atoms with van der Waals surface area (Å²) in [6.45, 7) is 1.83. The van der Waals surface area contributed by atoms with Gasteiger partial charge in [-0.25, -0.2) is 15.7 Å². The maximum atomic E-state index is 12.3. The minimum Gasteiger partial charge on any atom is -0.335 e. The number of hydrogen-bond acceptors (Lipinski definition) is 1. The predicted molar refractivity (Wildman–Crippen MR) is 37.9 cm³/mol. The van der Waals surface area contributed by atoms with Crippen LogP contribution in [0, 0.1) is 13.3 Å². The third-order valence-corrected chi connectivity index (χ3v) is 2.03. The van der Waals surface area contributed by atoms with E-state index in [4.69, 9.17) is 0 Å². The summed E-state index contributed by atoms with van der Waals surface area (Å²) in [5, 5.41) is 0. The Kier molecular flexibility index (Phi) is 4.67. The quantitative estimate of drug-likeness (QED) is 0.410. The molecule has 4 heteroatoms. The first-order chi connectivity index (χ1) is 4.74. The summed E-state index contributed by atoms with van der Waals surface area (Å²) >= 11 is 1.21. The molecule has 0 amide bonds. The van der Waals surface area contributed by atoms with Gasteiger partial charge in [-0.3, -0.25) is 0 Å². The molecule has 1 aromatic heterocycles. The van der Waals surface area contributed by atoms with Crippen molar-refractivity contribution in [3.05, 3.63) is 28.2 Å². The number of thiophene rings is 1. The molecule has 1 heterocycles. The van der Waals surface area contributed by atoms with Crippen molar-refractivity contribution in [1.29, 1.82) is 0 Å². The molecule has 0 bridgehead atoms. The Labute approximate surface area is 80.1 Å². The van der Waals surface area contributed by atoms with E-state index in [1.165, 1.54) is 17.4 Å². The molecule has 0 saturated heterocycles. The van der Waals surface area contributed by atoms with E-state index in [1.54, 1.807) is 6.07 Å². The zero-order valence-electron chi connectivity index (χ0n) is 6.32. The maximum absolute atomic E-state index is 12.3. The van der Waals surface area contributed by atoms with Gasteiger partial charge in [-0.05, 0) is 24.0 Å². The van der Waals surface area contributed by atoms with Crippen LogP contribution < -0.4 is 18.9 Å². The molecular weight excluding hydrogens is 161 g/mol. The van der Waals surface area contributed by atoms with Gasteiger partial charge in [0.25, 0.3) is 0 Å². The Bertz CT molecular complexity index is 255. The Morgan fingerprint density at radius 3 is 2.55 bits per heavy atom.